The van der Waals surface area contributed by atoms with Crippen LogP contribution in [0.1, 0.15) is 38.9 Å². The fraction of sp³-hybridized carbons (Fsp3) is 0.625. The van der Waals surface area contributed by atoms with Crippen LogP contribution in [0.5, 0.6) is 0 Å². The minimum atomic E-state index is -0.394. The molecule has 2 heteroatoms. The number of rotatable bonds is 4. The Kier molecular flexibility index (Phi) is 4.08. The molecule has 2 nitrogen and oxygen atoms in total. The Bertz CT molecular complexity index is 374. The van der Waals surface area contributed by atoms with Gasteiger partial charge in [0, 0.05) is 18.5 Å². The number of benzene rings is 1. The molecule has 0 radical (unpaired) electrons. The smallest absolute Gasteiger partial charge is 0.0853 e. The summed E-state index contributed by atoms with van der Waals surface area (Å²) in [7, 11) is 0. The van der Waals surface area contributed by atoms with Gasteiger partial charge in [0.25, 0.3) is 0 Å². The fourth-order valence-corrected chi connectivity index (χ4v) is 2.92. The molecule has 1 aliphatic rings. The largest absolute Gasteiger partial charge is 0.388 e. The van der Waals surface area contributed by atoms with Crippen LogP contribution in [0, 0.1) is 11.3 Å². The lowest BCUT2D eigenvalue weighted by atomic mass is 9.82. The molecule has 1 aliphatic heterocycles. The van der Waals surface area contributed by atoms with Crippen molar-refractivity contribution in [2.24, 2.45) is 11.3 Å². The van der Waals surface area contributed by atoms with Gasteiger partial charge in [-0.05, 0) is 24.4 Å². The van der Waals surface area contributed by atoms with E-state index in [9.17, 15) is 5.11 Å². The summed E-state index contributed by atoms with van der Waals surface area (Å²) < 4.78 is 0. The van der Waals surface area contributed by atoms with E-state index in [0.717, 1.165) is 18.0 Å². The Balaban J connectivity index is 2.01. The van der Waals surface area contributed by atoms with Crippen LogP contribution >= 0.6 is 0 Å². The van der Waals surface area contributed by atoms with E-state index in [-0.39, 0.29) is 5.41 Å². The van der Waals surface area contributed by atoms with Crippen LogP contribution < -0.4 is 0 Å². The lowest BCUT2D eigenvalue weighted by molar-refractivity contribution is 0.0248. The molecule has 2 rings (SSSR count). The Hall–Kier alpha value is -0.860. The summed E-state index contributed by atoms with van der Waals surface area (Å²) in [5, 5.41) is 10.5. The lowest BCUT2D eigenvalue weighted by Crippen LogP contribution is -2.36. The molecule has 1 heterocycles. The average molecular weight is 247 g/mol. The number of nitrogens with zero attached hydrogens (tertiary/aromatic N) is 1. The highest BCUT2D eigenvalue weighted by molar-refractivity contribution is 5.19. The van der Waals surface area contributed by atoms with Gasteiger partial charge in [0.1, 0.15) is 0 Å². The van der Waals surface area contributed by atoms with E-state index in [4.69, 9.17) is 0 Å². The predicted molar refractivity (Wildman–Crippen MR) is 75.4 cm³/mol. The number of hydrogen-bond acceptors (Lipinski definition) is 2. The van der Waals surface area contributed by atoms with Gasteiger partial charge in [-0.2, -0.15) is 0 Å². The molecule has 0 amide bonds. The quantitative estimate of drug-likeness (QED) is 0.884. The zero-order chi connectivity index (χ0) is 13.2. The van der Waals surface area contributed by atoms with Crippen molar-refractivity contribution < 1.29 is 5.11 Å². The highest BCUT2D eigenvalue weighted by Crippen LogP contribution is 2.35. The van der Waals surface area contributed by atoms with Crippen molar-refractivity contribution in [1.29, 1.82) is 0 Å². The van der Waals surface area contributed by atoms with E-state index in [1.165, 1.54) is 19.5 Å². The molecule has 0 saturated carbocycles. The Morgan fingerprint density at radius 1 is 1.33 bits per heavy atom. The highest BCUT2D eigenvalue weighted by atomic mass is 16.3. The van der Waals surface area contributed by atoms with E-state index in [2.05, 4.69) is 25.7 Å². The Morgan fingerprint density at radius 2 is 2.00 bits per heavy atom. The number of hydrogen-bond donors (Lipinski definition) is 1. The standard InChI is InChI=1S/C16H25NO/c1-13-9-10-17(11-13)12-16(2,3)15(18)14-7-5-4-6-8-14/h4-8,13,15,18H,9-12H2,1-3H3. The van der Waals surface area contributed by atoms with E-state index < -0.39 is 6.10 Å². The third kappa shape index (κ3) is 3.12. The van der Waals surface area contributed by atoms with Crippen LogP contribution in [-0.4, -0.2) is 29.6 Å². The van der Waals surface area contributed by atoms with E-state index in [1.807, 2.05) is 30.3 Å². The molecule has 0 aromatic heterocycles. The summed E-state index contributed by atoms with van der Waals surface area (Å²) >= 11 is 0. The summed E-state index contributed by atoms with van der Waals surface area (Å²) in [6.45, 7) is 9.94. The van der Waals surface area contributed by atoms with Crippen molar-refractivity contribution in [3.8, 4) is 0 Å². The highest BCUT2D eigenvalue weighted by Gasteiger charge is 2.33. The second-order valence-electron chi connectivity index (χ2n) is 6.43. The van der Waals surface area contributed by atoms with Crippen LogP contribution in [-0.2, 0) is 0 Å². The first-order chi connectivity index (χ1) is 8.49. The molecular weight excluding hydrogens is 222 g/mol. The summed E-state index contributed by atoms with van der Waals surface area (Å²) in [6.07, 6.45) is 0.895. The van der Waals surface area contributed by atoms with Gasteiger partial charge in [-0.15, -0.1) is 0 Å². The molecule has 1 saturated heterocycles. The first-order valence-corrected chi connectivity index (χ1v) is 6.94. The molecule has 1 aromatic rings. The Morgan fingerprint density at radius 3 is 2.56 bits per heavy atom. The van der Waals surface area contributed by atoms with Gasteiger partial charge in [0.15, 0.2) is 0 Å². The van der Waals surface area contributed by atoms with E-state index >= 15 is 0 Å². The number of likely N-dealkylation sites (tertiary alicyclic amines) is 1. The van der Waals surface area contributed by atoms with Gasteiger partial charge < -0.3 is 10.0 Å². The lowest BCUT2D eigenvalue weighted by Gasteiger charge is -2.34. The first-order valence-electron chi connectivity index (χ1n) is 6.94. The second-order valence-corrected chi connectivity index (χ2v) is 6.43. The molecule has 100 valence electrons. The zero-order valence-electron chi connectivity index (χ0n) is 11.8. The summed E-state index contributed by atoms with van der Waals surface area (Å²) in [5.41, 5.74) is 0.917. The van der Waals surface area contributed by atoms with Crippen LogP contribution in [0.2, 0.25) is 0 Å². The third-order valence-corrected chi connectivity index (χ3v) is 3.99. The molecule has 2 atom stereocenters. The minimum Gasteiger partial charge on any atom is -0.388 e. The minimum absolute atomic E-state index is 0.106. The molecule has 18 heavy (non-hydrogen) atoms. The molecule has 1 N–H and O–H groups in total. The van der Waals surface area contributed by atoms with Gasteiger partial charge in [0.2, 0.25) is 0 Å². The van der Waals surface area contributed by atoms with Gasteiger partial charge in [-0.3, -0.25) is 0 Å². The maximum Gasteiger partial charge on any atom is 0.0853 e. The van der Waals surface area contributed by atoms with Gasteiger partial charge >= 0.3 is 0 Å². The zero-order valence-corrected chi connectivity index (χ0v) is 11.8. The Labute approximate surface area is 111 Å². The molecule has 2 unspecified atom stereocenters. The molecule has 0 aliphatic carbocycles. The normalized spacial score (nSPS) is 23.2. The fourth-order valence-electron chi connectivity index (χ4n) is 2.92. The number of aliphatic hydroxyl groups is 1. The number of aliphatic hydroxyl groups excluding tert-OH is 1. The molecule has 0 spiro atoms. The first kappa shape index (κ1) is 13.6. The third-order valence-electron chi connectivity index (χ3n) is 3.99. The van der Waals surface area contributed by atoms with Crippen LogP contribution in [0.15, 0.2) is 30.3 Å². The van der Waals surface area contributed by atoms with Crippen LogP contribution in [0.4, 0.5) is 0 Å². The van der Waals surface area contributed by atoms with Gasteiger partial charge in [0.05, 0.1) is 6.10 Å². The van der Waals surface area contributed by atoms with Crippen molar-refractivity contribution in [2.75, 3.05) is 19.6 Å². The molecule has 0 bridgehead atoms. The summed E-state index contributed by atoms with van der Waals surface area (Å²) in [5.74, 6) is 0.801. The topological polar surface area (TPSA) is 23.5 Å². The van der Waals surface area contributed by atoms with Crippen molar-refractivity contribution in [3.63, 3.8) is 0 Å². The van der Waals surface area contributed by atoms with Gasteiger partial charge in [-0.1, -0.05) is 51.1 Å². The molecular formula is C16H25NO. The maximum atomic E-state index is 10.5. The van der Waals surface area contributed by atoms with E-state index in [1.54, 1.807) is 0 Å². The maximum absolute atomic E-state index is 10.5. The van der Waals surface area contributed by atoms with E-state index in [0.29, 0.717) is 0 Å². The van der Waals surface area contributed by atoms with Gasteiger partial charge in [-0.25, -0.2) is 0 Å². The van der Waals surface area contributed by atoms with Crippen molar-refractivity contribution >= 4 is 0 Å². The van der Waals surface area contributed by atoms with Crippen molar-refractivity contribution in [3.05, 3.63) is 35.9 Å². The average Bonchev–Trinajstić information content (AvgIpc) is 2.74. The summed E-state index contributed by atoms with van der Waals surface area (Å²) in [6, 6.07) is 10.0. The SMILES string of the molecule is CC1CCN(CC(C)(C)C(O)c2ccccc2)C1. The van der Waals surface area contributed by atoms with Crippen molar-refractivity contribution in [1.82, 2.24) is 4.90 Å². The van der Waals surface area contributed by atoms with Crippen molar-refractivity contribution in [2.45, 2.75) is 33.3 Å². The predicted octanol–water partition coefficient (Wildman–Crippen LogP) is 3.09. The van der Waals surface area contributed by atoms with Crippen LogP contribution in [0.25, 0.3) is 0 Å². The summed E-state index contributed by atoms with van der Waals surface area (Å²) in [4.78, 5) is 2.48. The molecule has 1 fully saturated rings. The second kappa shape index (κ2) is 5.41. The monoisotopic (exact) mass is 247 g/mol. The molecule has 1 aromatic carbocycles. The van der Waals surface area contributed by atoms with Crippen LogP contribution in [0.3, 0.4) is 0 Å².